The number of ether oxygens (including phenoxy) is 1. The zero-order chi connectivity index (χ0) is 19.1. The van der Waals surface area contributed by atoms with Crippen molar-refractivity contribution in [3.63, 3.8) is 0 Å². The molecule has 2 fully saturated rings. The molecule has 2 atom stereocenters. The smallest absolute Gasteiger partial charge is 0.267 e. The molecule has 1 aromatic heterocycles. The van der Waals surface area contributed by atoms with Gasteiger partial charge in [-0.15, -0.1) is 0 Å². The highest BCUT2D eigenvalue weighted by molar-refractivity contribution is 5.94. The summed E-state index contributed by atoms with van der Waals surface area (Å²) in [4.78, 5) is 28.2. The van der Waals surface area contributed by atoms with Gasteiger partial charge in [-0.1, -0.05) is 6.92 Å². The van der Waals surface area contributed by atoms with Gasteiger partial charge in [-0.2, -0.15) is 0 Å². The normalized spacial score (nSPS) is 20.3. The summed E-state index contributed by atoms with van der Waals surface area (Å²) in [5.41, 5.74) is 11.9. The molecule has 0 saturated heterocycles. The van der Waals surface area contributed by atoms with Gasteiger partial charge >= 0.3 is 0 Å². The van der Waals surface area contributed by atoms with Crippen LogP contribution in [0.25, 0.3) is 0 Å². The predicted octanol–water partition coefficient (Wildman–Crippen LogP) is 2.34. The van der Waals surface area contributed by atoms with Crippen molar-refractivity contribution in [2.24, 2.45) is 17.4 Å². The lowest BCUT2D eigenvalue weighted by Crippen LogP contribution is -2.36. The van der Waals surface area contributed by atoms with Gasteiger partial charge in [0.1, 0.15) is 24.2 Å². The number of hydrogen-bond acceptors (Lipinski definition) is 4. The Morgan fingerprint density at radius 2 is 2.00 bits per heavy atom. The lowest BCUT2D eigenvalue weighted by atomic mass is 9.73. The van der Waals surface area contributed by atoms with Gasteiger partial charge in [-0.3, -0.25) is 14.6 Å². The lowest BCUT2D eigenvalue weighted by Gasteiger charge is -2.33. The minimum absolute atomic E-state index is 0.0636. The Morgan fingerprint density at radius 1 is 1.35 bits per heavy atom. The van der Waals surface area contributed by atoms with Crippen molar-refractivity contribution in [3.8, 4) is 5.75 Å². The maximum atomic E-state index is 13.2. The van der Waals surface area contributed by atoms with E-state index in [-0.39, 0.29) is 24.0 Å². The zero-order valence-corrected chi connectivity index (χ0v) is 15.3. The van der Waals surface area contributed by atoms with E-state index in [1.165, 1.54) is 0 Å². The first-order valence-electron chi connectivity index (χ1n) is 9.12. The van der Waals surface area contributed by atoms with Gasteiger partial charge in [0.2, 0.25) is 5.91 Å². The molecule has 0 bridgehead atoms. The van der Waals surface area contributed by atoms with Crippen LogP contribution in [0.15, 0.2) is 6.20 Å². The number of pyridine rings is 1. The van der Waals surface area contributed by atoms with Crippen LogP contribution in [0.2, 0.25) is 0 Å². The van der Waals surface area contributed by atoms with Crippen molar-refractivity contribution in [1.82, 2.24) is 4.98 Å². The SMILES string of the molecule is C[C@H](CF)Oc1c(C2CC2)cnc(C(N)=O)c1C(C)(CC(N)=O)C1CC1. The number of nitrogens with two attached hydrogens (primary N) is 2. The van der Waals surface area contributed by atoms with Crippen LogP contribution in [0, 0.1) is 5.92 Å². The molecule has 142 valence electrons. The fraction of sp³-hybridized carbons (Fsp3) is 0.632. The molecule has 2 saturated carbocycles. The van der Waals surface area contributed by atoms with E-state index in [1.807, 2.05) is 6.92 Å². The largest absolute Gasteiger partial charge is 0.487 e. The molecule has 2 aliphatic carbocycles. The second-order valence-electron chi connectivity index (χ2n) is 7.82. The topological polar surface area (TPSA) is 108 Å². The van der Waals surface area contributed by atoms with Crippen LogP contribution >= 0.6 is 0 Å². The van der Waals surface area contributed by atoms with Crippen LogP contribution in [0.3, 0.4) is 0 Å². The third kappa shape index (κ3) is 3.52. The summed E-state index contributed by atoms with van der Waals surface area (Å²) in [7, 11) is 0. The van der Waals surface area contributed by atoms with E-state index >= 15 is 0 Å². The van der Waals surface area contributed by atoms with E-state index in [0.717, 1.165) is 31.2 Å². The van der Waals surface area contributed by atoms with Gasteiger partial charge in [0.15, 0.2) is 0 Å². The third-order valence-electron chi connectivity index (χ3n) is 5.44. The number of amides is 2. The number of halogens is 1. The van der Waals surface area contributed by atoms with Crippen molar-refractivity contribution in [2.45, 2.75) is 63.4 Å². The first-order valence-corrected chi connectivity index (χ1v) is 9.12. The molecule has 0 aromatic carbocycles. The van der Waals surface area contributed by atoms with Crippen molar-refractivity contribution in [2.75, 3.05) is 6.67 Å². The number of rotatable bonds is 9. The van der Waals surface area contributed by atoms with Crippen molar-refractivity contribution >= 4 is 11.8 Å². The number of alkyl halides is 1. The monoisotopic (exact) mass is 363 g/mol. The standard InChI is InChI=1S/C19H26FN3O3/c1-10(8-20)26-17-13(11-3-4-11)9-23-16(18(22)25)15(17)19(2,7-14(21)24)12-5-6-12/h9-12H,3-8H2,1-2H3,(H2,21,24)(H2,22,25)/t10-,19?/m1/s1. The maximum Gasteiger partial charge on any atom is 0.267 e. The number of nitrogens with zero attached hydrogens (tertiary/aromatic N) is 1. The Morgan fingerprint density at radius 3 is 2.46 bits per heavy atom. The lowest BCUT2D eigenvalue weighted by molar-refractivity contribution is -0.119. The average Bonchev–Trinajstić information content (AvgIpc) is 3.46. The fourth-order valence-electron chi connectivity index (χ4n) is 3.79. The number of carbonyl (C=O) groups excluding carboxylic acids is 2. The van der Waals surface area contributed by atoms with E-state index in [4.69, 9.17) is 16.2 Å². The van der Waals surface area contributed by atoms with E-state index in [2.05, 4.69) is 4.98 Å². The molecular weight excluding hydrogens is 337 g/mol. The van der Waals surface area contributed by atoms with E-state index in [0.29, 0.717) is 11.3 Å². The Hall–Kier alpha value is -2.18. The van der Waals surface area contributed by atoms with Gasteiger partial charge in [-0.05, 0) is 44.4 Å². The van der Waals surface area contributed by atoms with Gasteiger partial charge in [-0.25, -0.2) is 4.39 Å². The molecule has 1 aromatic rings. The molecule has 0 aliphatic heterocycles. The molecule has 0 radical (unpaired) electrons. The highest BCUT2D eigenvalue weighted by Gasteiger charge is 2.48. The second-order valence-corrected chi connectivity index (χ2v) is 7.82. The molecule has 0 spiro atoms. The summed E-state index contributed by atoms with van der Waals surface area (Å²) >= 11 is 0. The maximum absolute atomic E-state index is 13.2. The van der Waals surface area contributed by atoms with Crippen molar-refractivity contribution in [3.05, 3.63) is 23.0 Å². The molecular formula is C19H26FN3O3. The number of aromatic nitrogens is 1. The summed E-state index contributed by atoms with van der Waals surface area (Å²) in [5.74, 6) is -0.209. The van der Waals surface area contributed by atoms with Crippen LogP contribution in [-0.4, -0.2) is 29.6 Å². The van der Waals surface area contributed by atoms with E-state index < -0.39 is 30.0 Å². The van der Waals surface area contributed by atoms with Gasteiger partial charge in [0, 0.05) is 29.2 Å². The Kier molecular flexibility index (Phi) is 4.90. The Bertz CT molecular complexity index is 731. The predicted molar refractivity (Wildman–Crippen MR) is 94.7 cm³/mol. The summed E-state index contributed by atoms with van der Waals surface area (Å²) in [6.45, 7) is 2.88. The third-order valence-corrected chi connectivity index (χ3v) is 5.44. The zero-order valence-electron chi connectivity index (χ0n) is 15.3. The Labute approximate surface area is 152 Å². The molecule has 26 heavy (non-hydrogen) atoms. The van der Waals surface area contributed by atoms with Crippen LogP contribution < -0.4 is 16.2 Å². The van der Waals surface area contributed by atoms with E-state index in [9.17, 15) is 14.0 Å². The molecule has 1 unspecified atom stereocenters. The van der Waals surface area contributed by atoms with E-state index in [1.54, 1.807) is 13.1 Å². The summed E-state index contributed by atoms with van der Waals surface area (Å²) in [5, 5.41) is 0. The minimum Gasteiger partial charge on any atom is -0.487 e. The summed E-state index contributed by atoms with van der Waals surface area (Å²) < 4.78 is 19.1. The van der Waals surface area contributed by atoms with Gasteiger partial charge in [0.05, 0.1) is 0 Å². The molecule has 4 N–H and O–H groups in total. The molecule has 7 heteroatoms. The van der Waals surface area contributed by atoms with Crippen LogP contribution in [0.1, 0.15) is 73.5 Å². The first kappa shape index (κ1) is 18.6. The first-order chi connectivity index (χ1) is 12.3. The fourth-order valence-corrected chi connectivity index (χ4v) is 3.79. The molecule has 1 heterocycles. The highest BCUT2D eigenvalue weighted by atomic mass is 19.1. The van der Waals surface area contributed by atoms with Crippen molar-refractivity contribution in [1.29, 1.82) is 0 Å². The molecule has 2 amide bonds. The van der Waals surface area contributed by atoms with Gasteiger partial charge < -0.3 is 16.2 Å². The summed E-state index contributed by atoms with van der Waals surface area (Å²) in [6.07, 6.45) is 4.83. The van der Waals surface area contributed by atoms with Crippen LogP contribution in [0.4, 0.5) is 4.39 Å². The average molecular weight is 363 g/mol. The number of hydrogen-bond donors (Lipinski definition) is 2. The minimum atomic E-state index is -0.709. The van der Waals surface area contributed by atoms with Gasteiger partial charge in [0.25, 0.3) is 5.91 Å². The van der Waals surface area contributed by atoms with Crippen LogP contribution in [-0.2, 0) is 10.2 Å². The number of primary amides is 2. The highest BCUT2D eigenvalue weighted by Crippen LogP contribution is 2.55. The second kappa shape index (κ2) is 6.85. The molecule has 6 nitrogen and oxygen atoms in total. The van der Waals surface area contributed by atoms with Crippen molar-refractivity contribution < 1.29 is 18.7 Å². The Balaban J connectivity index is 2.22. The molecule has 3 rings (SSSR count). The van der Waals surface area contributed by atoms with Crippen LogP contribution in [0.5, 0.6) is 5.75 Å². The quantitative estimate of drug-likeness (QED) is 0.702. The number of carbonyl (C=O) groups is 2. The molecule has 2 aliphatic rings. The summed E-state index contributed by atoms with van der Waals surface area (Å²) in [6, 6.07) is 0.